The summed E-state index contributed by atoms with van der Waals surface area (Å²) >= 11 is 0. The van der Waals surface area contributed by atoms with Gasteiger partial charge in [-0.25, -0.2) is 0 Å². The van der Waals surface area contributed by atoms with E-state index in [0.717, 1.165) is 26.1 Å². The number of hydrogen-bond donors (Lipinski definition) is 1. The first-order valence-electron chi connectivity index (χ1n) is 7.49. The highest BCUT2D eigenvalue weighted by atomic mass is 16.5. The van der Waals surface area contributed by atoms with Crippen LogP contribution in [0.1, 0.15) is 47.0 Å². The number of carbonyl (C=O) groups excluding carboxylic acids is 1. The molecule has 1 aliphatic rings. The molecule has 1 saturated carbocycles. The summed E-state index contributed by atoms with van der Waals surface area (Å²) in [7, 11) is 1.47. The Labute approximate surface area is 117 Å². The van der Waals surface area contributed by atoms with Crippen molar-refractivity contribution in [2.75, 3.05) is 26.7 Å². The van der Waals surface area contributed by atoms with Gasteiger partial charge in [0.15, 0.2) is 0 Å². The number of nitrogens with one attached hydrogen (secondary N) is 1. The van der Waals surface area contributed by atoms with Gasteiger partial charge in [0.25, 0.3) is 0 Å². The molecule has 4 nitrogen and oxygen atoms in total. The maximum Gasteiger partial charge on any atom is 0.325 e. The third-order valence-electron chi connectivity index (χ3n) is 3.73. The Morgan fingerprint density at radius 2 is 2.11 bits per heavy atom. The van der Waals surface area contributed by atoms with Gasteiger partial charge in [-0.2, -0.15) is 0 Å². The van der Waals surface area contributed by atoms with Gasteiger partial charge in [0.2, 0.25) is 0 Å². The molecule has 0 aliphatic heterocycles. The average Bonchev–Trinajstić information content (AvgIpc) is 3.16. The second-order valence-electron chi connectivity index (χ2n) is 6.28. The minimum Gasteiger partial charge on any atom is -0.468 e. The number of hydrogen-bond acceptors (Lipinski definition) is 4. The topological polar surface area (TPSA) is 41.6 Å². The molecule has 1 fully saturated rings. The second kappa shape index (κ2) is 7.25. The summed E-state index contributed by atoms with van der Waals surface area (Å²) in [6, 6.07) is 0.504. The van der Waals surface area contributed by atoms with Gasteiger partial charge in [-0.3, -0.25) is 10.1 Å². The molecule has 1 rings (SSSR count). The summed E-state index contributed by atoms with van der Waals surface area (Å²) in [5, 5.41) is 3.45. The van der Waals surface area contributed by atoms with Gasteiger partial charge >= 0.3 is 5.97 Å². The molecule has 0 bridgehead atoms. The Kier molecular flexibility index (Phi) is 6.27. The fraction of sp³-hybridized carbons (Fsp3) is 0.933. The van der Waals surface area contributed by atoms with E-state index in [1.165, 1.54) is 20.0 Å². The van der Waals surface area contributed by atoms with Crippen LogP contribution >= 0.6 is 0 Å². The van der Waals surface area contributed by atoms with Crippen molar-refractivity contribution in [3.63, 3.8) is 0 Å². The van der Waals surface area contributed by atoms with Crippen LogP contribution in [0.2, 0.25) is 0 Å². The second-order valence-corrected chi connectivity index (χ2v) is 6.28. The molecule has 1 N–H and O–H groups in total. The quantitative estimate of drug-likeness (QED) is 0.651. The first kappa shape index (κ1) is 16.4. The monoisotopic (exact) mass is 270 g/mol. The van der Waals surface area contributed by atoms with Crippen LogP contribution in [0.3, 0.4) is 0 Å². The van der Waals surface area contributed by atoms with Gasteiger partial charge in [0, 0.05) is 19.1 Å². The van der Waals surface area contributed by atoms with E-state index in [9.17, 15) is 4.79 Å². The third kappa shape index (κ3) is 5.49. The molecule has 0 saturated heterocycles. The number of methoxy groups -OCH3 is 1. The van der Waals surface area contributed by atoms with Crippen molar-refractivity contribution in [3.8, 4) is 0 Å². The molecule has 1 unspecified atom stereocenters. The van der Waals surface area contributed by atoms with Crippen molar-refractivity contribution in [1.29, 1.82) is 0 Å². The molecule has 112 valence electrons. The van der Waals surface area contributed by atoms with E-state index in [4.69, 9.17) is 4.74 Å². The summed E-state index contributed by atoms with van der Waals surface area (Å²) < 4.78 is 4.97. The van der Waals surface area contributed by atoms with E-state index < -0.39 is 5.54 Å². The number of carbonyl (C=O) groups is 1. The van der Waals surface area contributed by atoms with Crippen molar-refractivity contribution in [2.24, 2.45) is 5.92 Å². The van der Waals surface area contributed by atoms with E-state index in [1.807, 2.05) is 6.92 Å². The average molecular weight is 270 g/mol. The molecule has 19 heavy (non-hydrogen) atoms. The standard InChI is InChI=1S/C15H30N2O2/c1-6-17(11-12(2)3)10-9-15(4,14(18)19-5)16-13-7-8-13/h12-13,16H,6-11H2,1-5H3. The van der Waals surface area contributed by atoms with Crippen LogP contribution in [-0.4, -0.2) is 49.2 Å². The third-order valence-corrected chi connectivity index (χ3v) is 3.73. The normalized spacial score (nSPS) is 18.7. The summed E-state index contributed by atoms with van der Waals surface area (Å²) in [4.78, 5) is 14.4. The highest BCUT2D eigenvalue weighted by molar-refractivity contribution is 5.80. The number of esters is 1. The molecule has 0 aromatic heterocycles. The van der Waals surface area contributed by atoms with Crippen molar-refractivity contribution in [3.05, 3.63) is 0 Å². The summed E-state index contributed by atoms with van der Waals surface area (Å²) in [6.07, 6.45) is 3.16. The van der Waals surface area contributed by atoms with Crippen LogP contribution in [0, 0.1) is 5.92 Å². The Bertz CT molecular complexity index is 290. The van der Waals surface area contributed by atoms with Crippen LogP contribution in [-0.2, 0) is 9.53 Å². The fourth-order valence-corrected chi connectivity index (χ4v) is 2.41. The summed E-state index contributed by atoms with van der Waals surface area (Å²) in [5.41, 5.74) is -0.541. The van der Waals surface area contributed by atoms with E-state index in [-0.39, 0.29) is 5.97 Å². The van der Waals surface area contributed by atoms with Gasteiger partial charge in [-0.05, 0) is 38.6 Å². The summed E-state index contributed by atoms with van der Waals surface area (Å²) in [5.74, 6) is 0.515. The maximum atomic E-state index is 12.0. The zero-order valence-corrected chi connectivity index (χ0v) is 13.2. The zero-order valence-electron chi connectivity index (χ0n) is 13.2. The van der Waals surface area contributed by atoms with E-state index in [0.29, 0.717) is 12.0 Å². The Morgan fingerprint density at radius 3 is 2.53 bits per heavy atom. The molecular formula is C15H30N2O2. The Hall–Kier alpha value is -0.610. The highest BCUT2D eigenvalue weighted by Crippen LogP contribution is 2.25. The lowest BCUT2D eigenvalue weighted by Gasteiger charge is -2.31. The molecule has 0 aromatic carbocycles. The predicted molar refractivity (Wildman–Crippen MR) is 78.1 cm³/mol. The molecule has 0 heterocycles. The lowest BCUT2D eigenvalue weighted by molar-refractivity contribution is -0.148. The van der Waals surface area contributed by atoms with Gasteiger partial charge in [-0.1, -0.05) is 20.8 Å². The minimum atomic E-state index is -0.541. The van der Waals surface area contributed by atoms with Gasteiger partial charge in [-0.15, -0.1) is 0 Å². The van der Waals surface area contributed by atoms with Crippen molar-refractivity contribution in [2.45, 2.75) is 58.5 Å². The van der Waals surface area contributed by atoms with Gasteiger partial charge in [0.1, 0.15) is 5.54 Å². The molecule has 4 heteroatoms. The van der Waals surface area contributed by atoms with Crippen LogP contribution < -0.4 is 5.32 Å². The lowest BCUT2D eigenvalue weighted by atomic mass is 9.97. The van der Waals surface area contributed by atoms with Crippen LogP contribution in [0.15, 0.2) is 0 Å². The molecular weight excluding hydrogens is 240 g/mol. The molecule has 0 radical (unpaired) electrons. The minimum absolute atomic E-state index is 0.139. The first-order chi connectivity index (χ1) is 8.91. The molecule has 0 aromatic rings. The van der Waals surface area contributed by atoms with E-state index >= 15 is 0 Å². The first-order valence-corrected chi connectivity index (χ1v) is 7.49. The number of ether oxygens (including phenoxy) is 1. The van der Waals surface area contributed by atoms with E-state index in [2.05, 4.69) is 31.0 Å². The fourth-order valence-electron chi connectivity index (χ4n) is 2.41. The van der Waals surface area contributed by atoms with Crippen molar-refractivity contribution < 1.29 is 9.53 Å². The molecule has 0 amide bonds. The zero-order chi connectivity index (χ0) is 14.5. The maximum absolute atomic E-state index is 12.0. The predicted octanol–water partition coefficient (Wildman–Crippen LogP) is 2.04. The number of nitrogens with zero attached hydrogens (tertiary/aromatic N) is 1. The van der Waals surface area contributed by atoms with Crippen molar-refractivity contribution >= 4 is 5.97 Å². The van der Waals surface area contributed by atoms with Gasteiger partial charge in [0.05, 0.1) is 7.11 Å². The largest absolute Gasteiger partial charge is 0.468 e. The highest BCUT2D eigenvalue weighted by Gasteiger charge is 2.39. The molecule has 1 aliphatic carbocycles. The van der Waals surface area contributed by atoms with Crippen LogP contribution in [0.25, 0.3) is 0 Å². The van der Waals surface area contributed by atoms with Crippen LogP contribution in [0.5, 0.6) is 0 Å². The number of rotatable bonds is 9. The van der Waals surface area contributed by atoms with Crippen LogP contribution in [0.4, 0.5) is 0 Å². The molecule has 0 spiro atoms. The summed E-state index contributed by atoms with van der Waals surface area (Å²) in [6.45, 7) is 11.6. The SMILES string of the molecule is CCN(CCC(C)(NC1CC1)C(=O)OC)CC(C)C. The Morgan fingerprint density at radius 1 is 1.47 bits per heavy atom. The van der Waals surface area contributed by atoms with E-state index in [1.54, 1.807) is 0 Å². The van der Waals surface area contributed by atoms with Crippen molar-refractivity contribution in [1.82, 2.24) is 10.2 Å². The smallest absolute Gasteiger partial charge is 0.325 e. The molecule has 1 atom stereocenters. The lowest BCUT2D eigenvalue weighted by Crippen LogP contribution is -2.53. The van der Waals surface area contributed by atoms with Gasteiger partial charge < -0.3 is 9.64 Å². The Balaban J connectivity index is 2.53.